The zero-order chi connectivity index (χ0) is 18.2. The minimum absolute atomic E-state index is 0.107. The largest absolute Gasteiger partial charge is 0.497 e. The monoisotopic (exact) mass is 337 g/mol. The molecule has 0 aliphatic rings. The normalized spacial score (nSPS) is 10.5. The minimum atomic E-state index is -1.06. The Hall–Kier alpha value is -3.79. The molecular weight excluding hydrogens is 322 g/mol. The number of carboxylic acid groups (broad SMARTS) is 1. The number of anilines is 2. The summed E-state index contributed by atoms with van der Waals surface area (Å²) in [5.41, 5.74) is 1.06. The van der Waals surface area contributed by atoms with Crippen molar-refractivity contribution >= 4 is 23.3 Å². The number of hydrogen-bond donors (Lipinski definition) is 3. The first-order valence-corrected chi connectivity index (χ1v) is 7.19. The number of ether oxygens (including phenoxy) is 1. The van der Waals surface area contributed by atoms with E-state index in [0.29, 0.717) is 17.1 Å². The molecule has 0 aromatic heterocycles. The molecule has 0 saturated carbocycles. The smallest absolute Gasteiger partial charge is 0.335 e. The van der Waals surface area contributed by atoms with Gasteiger partial charge in [-0.15, -0.1) is 0 Å². The van der Waals surface area contributed by atoms with Gasteiger partial charge < -0.3 is 20.5 Å². The van der Waals surface area contributed by atoms with E-state index in [4.69, 9.17) is 15.1 Å². The standard InChI is InChI=1S/C18H15N3O4/c1-25-16-8-6-14(7-9-16)20-11-13(10-19)17(22)21-15-4-2-12(3-5-15)18(23)24/h2-9,11,20H,1H3,(H,21,22)(H,23,24)/b13-11-. The van der Waals surface area contributed by atoms with Gasteiger partial charge in [-0.1, -0.05) is 0 Å². The molecule has 0 atom stereocenters. The topological polar surface area (TPSA) is 111 Å². The molecule has 0 aliphatic heterocycles. The van der Waals surface area contributed by atoms with Gasteiger partial charge in [0.25, 0.3) is 5.91 Å². The maximum atomic E-state index is 12.1. The van der Waals surface area contributed by atoms with Gasteiger partial charge in [-0.2, -0.15) is 5.26 Å². The fourth-order valence-corrected chi connectivity index (χ4v) is 1.89. The summed E-state index contributed by atoms with van der Waals surface area (Å²) in [5.74, 6) is -0.969. The van der Waals surface area contributed by atoms with Gasteiger partial charge in [0, 0.05) is 17.6 Å². The van der Waals surface area contributed by atoms with Crippen LogP contribution in [0.25, 0.3) is 0 Å². The molecule has 0 radical (unpaired) electrons. The Bertz CT molecular complexity index is 834. The van der Waals surface area contributed by atoms with Crippen molar-refractivity contribution < 1.29 is 19.4 Å². The molecule has 0 bridgehead atoms. The fraction of sp³-hybridized carbons (Fsp3) is 0.0556. The lowest BCUT2D eigenvalue weighted by molar-refractivity contribution is -0.112. The average Bonchev–Trinajstić information content (AvgIpc) is 2.63. The third kappa shape index (κ3) is 4.84. The van der Waals surface area contributed by atoms with E-state index in [1.165, 1.54) is 30.5 Å². The van der Waals surface area contributed by atoms with Crippen LogP contribution in [0.15, 0.2) is 60.3 Å². The molecule has 126 valence electrons. The van der Waals surface area contributed by atoms with E-state index in [-0.39, 0.29) is 11.1 Å². The molecule has 2 rings (SSSR count). The van der Waals surface area contributed by atoms with Crippen molar-refractivity contribution in [1.82, 2.24) is 0 Å². The van der Waals surface area contributed by atoms with Crippen molar-refractivity contribution in [3.05, 3.63) is 65.9 Å². The lowest BCUT2D eigenvalue weighted by Crippen LogP contribution is -2.14. The first kappa shape index (κ1) is 17.6. The third-order valence-corrected chi connectivity index (χ3v) is 3.23. The van der Waals surface area contributed by atoms with E-state index in [9.17, 15) is 9.59 Å². The average molecular weight is 337 g/mol. The van der Waals surface area contributed by atoms with E-state index in [2.05, 4.69) is 10.6 Å². The lowest BCUT2D eigenvalue weighted by Gasteiger charge is -2.06. The third-order valence-electron chi connectivity index (χ3n) is 3.23. The van der Waals surface area contributed by atoms with E-state index < -0.39 is 11.9 Å². The number of carbonyl (C=O) groups excluding carboxylic acids is 1. The first-order valence-electron chi connectivity index (χ1n) is 7.19. The number of nitriles is 1. The van der Waals surface area contributed by atoms with Gasteiger partial charge in [0.2, 0.25) is 0 Å². The molecule has 7 heteroatoms. The predicted molar refractivity (Wildman–Crippen MR) is 92.3 cm³/mol. The van der Waals surface area contributed by atoms with Crippen LogP contribution in [0.1, 0.15) is 10.4 Å². The summed E-state index contributed by atoms with van der Waals surface area (Å²) in [4.78, 5) is 22.9. The highest BCUT2D eigenvalue weighted by Crippen LogP contribution is 2.15. The summed E-state index contributed by atoms with van der Waals surface area (Å²) in [6.45, 7) is 0. The van der Waals surface area contributed by atoms with Gasteiger partial charge in [-0.25, -0.2) is 4.79 Å². The Labute approximate surface area is 144 Å². The zero-order valence-corrected chi connectivity index (χ0v) is 13.3. The molecule has 0 fully saturated rings. The Morgan fingerprint density at radius 2 is 1.68 bits per heavy atom. The van der Waals surface area contributed by atoms with Crippen LogP contribution in [0.3, 0.4) is 0 Å². The summed E-state index contributed by atoms with van der Waals surface area (Å²) in [5, 5.41) is 23.4. The quantitative estimate of drug-likeness (QED) is 0.552. The van der Waals surface area contributed by atoms with Crippen molar-refractivity contribution in [3.8, 4) is 11.8 Å². The number of carboxylic acids is 1. The van der Waals surface area contributed by atoms with E-state index in [1.807, 2.05) is 6.07 Å². The molecule has 2 aromatic rings. The van der Waals surface area contributed by atoms with Crippen LogP contribution in [0.2, 0.25) is 0 Å². The maximum Gasteiger partial charge on any atom is 0.335 e. The van der Waals surface area contributed by atoms with Crippen LogP contribution in [0.5, 0.6) is 5.75 Å². The number of rotatable bonds is 6. The van der Waals surface area contributed by atoms with Crippen LogP contribution in [-0.4, -0.2) is 24.1 Å². The number of nitrogens with one attached hydrogen (secondary N) is 2. The SMILES string of the molecule is COc1ccc(N/C=C(/C#N)C(=O)Nc2ccc(C(=O)O)cc2)cc1. The molecule has 0 aliphatic carbocycles. The van der Waals surface area contributed by atoms with Gasteiger partial charge in [0.05, 0.1) is 12.7 Å². The van der Waals surface area contributed by atoms with Gasteiger partial charge in [-0.05, 0) is 48.5 Å². The number of carbonyl (C=O) groups is 2. The number of benzene rings is 2. The van der Waals surface area contributed by atoms with Crippen LogP contribution in [0, 0.1) is 11.3 Å². The molecule has 0 saturated heterocycles. The molecule has 0 heterocycles. The summed E-state index contributed by atoms with van der Waals surface area (Å²) in [6.07, 6.45) is 1.29. The van der Waals surface area contributed by atoms with Crippen LogP contribution < -0.4 is 15.4 Å². The first-order chi connectivity index (χ1) is 12.0. The van der Waals surface area contributed by atoms with Gasteiger partial charge >= 0.3 is 5.97 Å². The number of hydrogen-bond acceptors (Lipinski definition) is 5. The van der Waals surface area contributed by atoms with Gasteiger partial charge in [-0.3, -0.25) is 4.79 Å². The molecule has 1 amide bonds. The van der Waals surface area contributed by atoms with Crippen molar-refractivity contribution in [2.75, 3.05) is 17.7 Å². The highest BCUT2D eigenvalue weighted by molar-refractivity contribution is 6.06. The van der Waals surface area contributed by atoms with Gasteiger partial charge in [0.1, 0.15) is 17.4 Å². The molecular formula is C18H15N3O4. The second-order valence-electron chi connectivity index (χ2n) is 4.88. The molecule has 3 N–H and O–H groups in total. The Balaban J connectivity index is 2.04. The van der Waals surface area contributed by atoms with Crippen molar-refractivity contribution in [2.24, 2.45) is 0 Å². The van der Waals surface area contributed by atoms with Crippen molar-refractivity contribution in [3.63, 3.8) is 0 Å². The molecule has 25 heavy (non-hydrogen) atoms. The second-order valence-corrected chi connectivity index (χ2v) is 4.88. The number of aromatic carboxylic acids is 1. The number of methoxy groups -OCH3 is 1. The summed E-state index contributed by atoms with van der Waals surface area (Å²) in [6, 6.07) is 14.4. The summed E-state index contributed by atoms with van der Waals surface area (Å²) in [7, 11) is 1.56. The maximum absolute atomic E-state index is 12.1. The Morgan fingerprint density at radius 1 is 1.08 bits per heavy atom. The van der Waals surface area contributed by atoms with E-state index in [0.717, 1.165) is 0 Å². The van der Waals surface area contributed by atoms with Gasteiger partial charge in [0.15, 0.2) is 0 Å². The second kappa shape index (κ2) is 8.17. The van der Waals surface area contributed by atoms with Crippen molar-refractivity contribution in [1.29, 1.82) is 5.26 Å². The van der Waals surface area contributed by atoms with Crippen LogP contribution >= 0.6 is 0 Å². The Kier molecular flexibility index (Phi) is 5.74. The molecule has 7 nitrogen and oxygen atoms in total. The summed E-state index contributed by atoms with van der Waals surface area (Å²) >= 11 is 0. The lowest BCUT2D eigenvalue weighted by atomic mass is 10.2. The molecule has 2 aromatic carbocycles. The zero-order valence-electron chi connectivity index (χ0n) is 13.3. The van der Waals surface area contributed by atoms with Crippen LogP contribution in [0.4, 0.5) is 11.4 Å². The molecule has 0 spiro atoms. The highest BCUT2D eigenvalue weighted by atomic mass is 16.5. The fourth-order valence-electron chi connectivity index (χ4n) is 1.89. The van der Waals surface area contributed by atoms with E-state index in [1.54, 1.807) is 31.4 Å². The minimum Gasteiger partial charge on any atom is -0.497 e. The summed E-state index contributed by atoms with van der Waals surface area (Å²) < 4.78 is 5.05. The van der Waals surface area contributed by atoms with E-state index >= 15 is 0 Å². The Morgan fingerprint density at radius 3 is 2.20 bits per heavy atom. The molecule has 0 unspecified atom stereocenters. The number of amides is 1. The van der Waals surface area contributed by atoms with Crippen molar-refractivity contribution in [2.45, 2.75) is 0 Å². The highest BCUT2D eigenvalue weighted by Gasteiger charge is 2.10. The number of nitrogens with zero attached hydrogens (tertiary/aromatic N) is 1. The predicted octanol–water partition coefficient (Wildman–Crippen LogP) is 2.85. The van der Waals surface area contributed by atoms with Crippen LogP contribution in [-0.2, 0) is 4.79 Å².